The van der Waals surface area contributed by atoms with Gasteiger partial charge in [-0.1, -0.05) is 0 Å². The lowest BCUT2D eigenvalue weighted by atomic mass is 10.1. The maximum absolute atomic E-state index is 11.2. The molecule has 1 aromatic carbocycles. The van der Waals surface area contributed by atoms with Crippen LogP contribution in [-0.2, 0) is 0 Å². The van der Waals surface area contributed by atoms with Crippen LogP contribution in [0.25, 0.3) is 0 Å². The van der Waals surface area contributed by atoms with Crippen molar-refractivity contribution < 1.29 is 9.66 Å². The van der Waals surface area contributed by atoms with Crippen molar-refractivity contribution >= 4 is 11.4 Å². The highest BCUT2D eigenvalue weighted by atomic mass is 16.6. The van der Waals surface area contributed by atoms with E-state index < -0.39 is 0 Å². The van der Waals surface area contributed by atoms with Crippen LogP contribution in [0.15, 0.2) is 18.2 Å². The molecule has 0 aromatic heterocycles. The minimum atomic E-state index is -0.380. The van der Waals surface area contributed by atoms with Gasteiger partial charge in [-0.25, -0.2) is 0 Å². The van der Waals surface area contributed by atoms with E-state index in [2.05, 4.69) is 0 Å². The van der Waals surface area contributed by atoms with Crippen LogP contribution in [0.3, 0.4) is 0 Å². The van der Waals surface area contributed by atoms with Gasteiger partial charge >= 0.3 is 0 Å². The van der Waals surface area contributed by atoms with Crippen molar-refractivity contribution in [1.29, 1.82) is 0 Å². The molecule has 19 heavy (non-hydrogen) atoms. The fourth-order valence-corrected chi connectivity index (χ4v) is 2.40. The Morgan fingerprint density at radius 3 is 2.74 bits per heavy atom. The third-order valence-electron chi connectivity index (χ3n) is 3.66. The first-order chi connectivity index (χ1) is 9.08. The molecule has 0 saturated heterocycles. The monoisotopic (exact) mass is 265 g/mol. The molecule has 0 radical (unpaired) electrons. The SMILES string of the molecule is COc1ccc(N(C)C(CN)C2CC2)c([N+](=O)[O-])c1. The molecule has 1 fully saturated rings. The fraction of sp³-hybridized carbons (Fsp3) is 0.538. The predicted molar refractivity (Wildman–Crippen MR) is 73.6 cm³/mol. The summed E-state index contributed by atoms with van der Waals surface area (Å²) in [4.78, 5) is 12.7. The molecule has 1 aliphatic rings. The van der Waals surface area contributed by atoms with Gasteiger partial charge in [0.2, 0.25) is 0 Å². The standard InChI is InChI=1S/C13H19N3O3/c1-15(13(8-14)9-3-4-9)11-6-5-10(19-2)7-12(11)16(17)18/h5-7,9,13H,3-4,8,14H2,1-2H3. The highest BCUT2D eigenvalue weighted by Gasteiger charge is 2.35. The summed E-state index contributed by atoms with van der Waals surface area (Å²) < 4.78 is 5.04. The van der Waals surface area contributed by atoms with Crippen molar-refractivity contribution in [3.05, 3.63) is 28.3 Å². The van der Waals surface area contributed by atoms with Crippen LogP contribution < -0.4 is 15.4 Å². The molecule has 0 amide bonds. The molecule has 1 unspecified atom stereocenters. The summed E-state index contributed by atoms with van der Waals surface area (Å²) in [5.74, 6) is 1.04. The molecular formula is C13H19N3O3. The van der Waals surface area contributed by atoms with E-state index in [1.807, 2.05) is 11.9 Å². The number of nitro groups is 1. The highest BCUT2D eigenvalue weighted by molar-refractivity contribution is 5.65. The molecule has 2 N–H and O–H groups in total. The Labute approximate surface area is 112 Å². The van der Waals surface area contributed by atoms with E-state index in [0.717, 1.165) is 12.8 Å². The number of hydrogen-bond acceptors (Lipinski definition) is 5. The maximum atomic E-state index is 11.2. The Bertz CT molecular complexity index is 474. The zero-order chi connectivity index (χ0) is 14.0. The number of nitrogens with two attached hydrogens (primary N) is 1. The van der Waals surface area contributed by atoms with Gasteiger partial charge in [0, 0.05) is 19.6 Å². The van der Waals surface area contributed by atoms with Gasteiger partial charge in [-0.3, -0.25) is 10.1 Å². The number of nitrogens with zero attached hydrogens (tertiary/aromatic N) is 2. The zero-order valence-corrected chi connectivity index (χ0v) is 11.2. The molecule has 0 aliphatic heterocycles. The molecule has 6 nitrogen and oxygen atoms in total. The molecule has 1 saturated carbocycles. The molecule has 1 atom stereocenters. The number of nitro benzene ring substituents is 1. The number of ether oxygens (including phenoxy) is 1. The average molecular weight is 265 g/mol. The number of methoxy groups -OCH3 is 1. The Hall–Kier alpha value is -1.82. The number of hydrogen-bond donors (Lipinski definition) is 1. The molecule has 2 rings (SSSR count). The maximum Gasteiger partial charge on any atom is 0.296 e. The van der Waals surface area contributed by atoms with E-state index >= 15 is 0 Å². The molecule has 104 valence electrons. The molecule has 0 bridgehead atoms. The van der Waals surface area contributed by atoms with Gasteiger partial charge in [0.15, 0.2) is 0 Å². The van der Waals surface area contributed by atoms with E-state index in [1.54, 1.807) is 12.1 Å². The van der Waals surface area contributed by atoms with Crippen molar-refractivity contribution in [3.8, 4) is 5.75 Å². The topological polar surface area (TPSA) is 81.6 Å². The van der Waals surface area contributed by atoms with Crippen molar-refractivity contribution in [2.75, 3.05) is 25.6 Å². The number of rotatable bonds is 6. The van der Waals surface area contributed by atoms with E-state index in [0.29, 0.717) is 23.9 Å². The third kappa shape index (κ3) is 2.78. The van der Waals surface area contributed by atoms with Crippen LogP contribution in [0, 0.1) is 16.0 Å². The van der Waals surface area contributed by atoms with Gasteiger partial charge < -0.3 is 15.4 Å². The summed E-state index contributed by atoms with van der Waals surface area (Å²) in [6, 6.07) is 5.07. The lowest BCUT2D eigenvalue weighted by molar-refractivity contribution is -0.384. The molecule has 6 heteroatoms. The van der Waals surface area contributed by atoms with Crippen molar-refractivity contribution in [2.45, 2.75) is 18.9 Å². The Morgan fingerprint density at radius 1 is 1.58 bits per heavy atom. The quantitative estimate of drug-likeness (QED) is 0.626. The second-order valence-corrected chi connectivity index (χ2v) is 4.86. The number of benzene rings is 1. The predicted octanol–water partition coefficient (Wildman–Crippen LogP) is 1.78. The Morgan fingerprint density at radius 2 is 2.26 bits per heavy atom. The Balaban J connectivity index is 2.34. The molecule has 0 heterocycles. The second-order valence-electron chi connectivity index (χ2n) is 4.86. The van der Waals surface area contributed by atoms with Gasteiger partial charge in [-0.2, -0.15) is 0 Å². The van der Waals surface area contributed by atoms with E-state index in [4.69, 9.17) is 10.5 Å². The summed E-state index contributed by atoms with van der Waals surface area (Å²) in [7, 11) is 3.36. The Kier molecular flexibility index (Phi) is 3.90. The minimum absolute atomic E-state index is 0.0564. The summed E-state index contributed by atoms with van der Waals surface area (Å²) in [5.41, 5.74) is 6.45. The lowest BCUT2D eigenvalue weighted by Gasteiger charge is -2.28. The van der Waals surface area contributed by atoms with Gasteiger partial charge in [0.05, 0.1) is 18.1 Å². The average Bonchev–Trinajstić information content (AvgIpc) is 3.23. The largest absolute Gasteiger partial charge is 0.496 e. The van der Waals surface area contributed by atoms with Crippen LogP contribution in [-0.4, -0.2) is 31.7 Å². The first kappa shape index (κ1) is 13.6. The van der Waals surface area contributed by atoms with E-state index in [1.165, 1.54) is 13.2 Å². The summed E-state index contributed by atoms with van der Waals surface area (Å²) in [5, 5.41) is 11.2. The lowest BCUT2D eigenvalue weighted by Crippen LogP contribution is -2.40. The van der Waals surface area contributed by atoms with Crippen LogP contribution in [0.2, 0.25) is 0 Å². The van der Waals surface area contributed by atoms with Crippen molar-refractivity contribution in [2.24, 2.45) is 11.7 Å². The summed E-state index contributed by atoms with van der Waals surface area (Å²) >= 11 is 0. The third-order valence-corrected chi connectivity index (χ3v) is 3.66. The van der Waals surface area contributed by atoms with Crippen LogP contribution in [0.5, 0.6) is 5.75 Å². The first-order valence-electron chi connectivity index (χ1n) is 6.33. The smallest absolute Gasteiger partial charge is 0.296 e. The number of likely N-dealkylation sites (N-methyl/N-ethyl adjacent to an activating group) is 1. The van der Waals surface area contributed by atoms with Gasteiger partial charge in [-0.15, -0.1) is 0 Å². The number of anilines is 1. The fourth-order valence-electron chi connectivity index (χ4n) is 2.40. The van der Waals surface area contributed by atoms with Crippen molar-refractivity contribution in [3.63, 3.8) is 0 Å². The highest BCUT2D eigenvalue weighted by Crippen LogP contribution is 2.39. The normalized spacial score (nSPS) is 15.9. The summed E-state index contributed by atoms with van der Waals surface area (Å²) in [6.07, 6.45) is 2.30. The van der Waals surface area contributed by atoms with Gasteiger partial charge in [0.25, 0.3) is 5.69 Å². The van der Waals surface area contributed by atoms with E-state index in [9.17, 15) is 10.1 Å². The second kappa shape index (κ2) is 5.44. The van der Waals surface area contributed by atoms with Crippen LogP contribution in [0.4, 0.5) is 11.4 Å². The van der Waals surface area contributed by atoms with Gasteiger partial charge in [-0.05, 0) is 30.9 Å². The molecule has 1 aliphatic carbocycles. The minimum Gasteiger partial charge on any atom is -0.496 e. The molecule has 1 aromatic rings. The van der Waals surface area contributed by atoms with Crippen molar-refractivity contribution in [1.82, 2.24) is 0 Å². The van der Waals surface area contributed by atoms with Crippen LogP contribution in [0.1, 0.15) is 12.8 Å². The van der Waals surface area contributed by atoms with Crippen LogP contribution >= 0.6 is 0 Å². The summed E-state index contributed by atoms with van der Waals surface area (Å²) in [6.45, 7) is 0.504. The van der Waals surface area contributed by atoms with E-state index in [-0.39, 0.29) is 16.7 Å². The zero-order valence-electron chi connectivity index (χ0n) is 11.2. The first-order valence-corrected chi connectivity index (χ1v) is 6.33. The molecular weight excluding hydrogens is 246 g/mol. The van der Waals surface area contributed by atoms with Gasteiger partial charge in [0.1, 0.15) is 11.4 Å². The molecule has 0 spiro atoms.